The van der Waals surface area contributed by atoms with Crippen molar-refractivity contribution in [3.63, 3.8) is 0 Å². The molecule has 1 aromatic carbocycles. The van der Waals surface area contributed by atoms with Crippen molar-refractivity contribution in [1.82, 2.24) is 29.3 Å². The number of hydrogen-bond acceptors (Lipinski definition) is 6. The van der Waals surface area contributed by atoms with E-state index >= 15 is 0 Å². The molecule has 2 aromatic heterocycles. The summed E-state index contributed by atoms with van der Waals surface area (Å²) in [7, 11) is 2.02. The first-order chi connectivity index (χ1) is 15.1. The lowest BCUT2D eigenvalue weighted by Gasteiger charge is -2.30. The SMILES string of the molecule is CCN(CC)CCN(CCN(CC)CC)c1ccc(-c2nc3ncncc3n2C)cc1. The maximum Gasteiger partial charge on any atom is 0.181 e. The van der Waals surface area contributed by atoms with Crippen LogP contribution in [0.25, 0.3) is 22.6 Å². The molecule has 0 aliphatic rings. The van der Waals surface area contributed by atoms with Gasteiger partial charge in [-0.15, -0.1) is 0 Å². The molecule has 7 heteroatoms. The fourth-order valence-electron chi connectivity index (χ4n) is 3.98. The number of hydrogen-bond donors (Lipinski definition) is 0. The van der Waals surface area contributed by atoms with Crippen LogP contribution < -0.4 is 4.90 Å². The summed E-state index contributed by atoms with van der Waals surface area (Å²) in [6, 6.07) is 8.80. The zero-order chi connectivity index (χ0) is 22.2. The van der Waals surface area contributed by atoms with Gasteiger partial charge in [-0.1, -0.05) is 27.7 Å². The highest BCUT2D eigenvalue weighted by atomic mass is 15.2. The first-order valence-corrected chi connectivity index (χ1v) is 11.5. The monoisotopic (exact) mass is 423 g/mol. The van der Waals surface area contributed by atoms with Gasteiger partial charge in [0.15, 0.2) is 5.65 Å². The molecule has 0 N–H and O–H groups in total. The molecule has 3 aromatic rings. The molecule has 2 heterocycles. The van der Waals surface area contributed by atoms with E-state index in [2.05, 4.69) is 81.2 Å². The number of aromatic nitrogens is 4. The van der Waals surface area contributed by atoms with Gasteiger partial charge in [0, 0.05) is 44.5 Å². The summed E-state index contributed by atoms with van der Waals surface area (Å²) in [4.78, 5) is 20.6. The third kappa shape index (κ3) is 5.60. The summed E-state index contributed by atoms with van der Waals surface area (Å²) in [6.45, 7) is 17.5. The minimum Gasteiger partial charge on any atom is -0.369 e. The van der Waals surface area contributed by atoms with E-state index in [9.17, 15) is 0 Å². The molecule has 7 nitrogen and oxygen atoms in total. The van der Waals surface area contributed by atoms with Crippen molar-refractivity contribution in [2.24, 2.45) is 7.05 Å². The third-order valence-corrected chi connectivity index (χ3v) is 6.22. The first-order valence-electron chi connectivity index (χ1n) is 11.5. The average Bonchev–Trinajstić information content (AvgIpc) is 3.15. The minimum atomic E-state index is 0.733. The number of nitrogens with zero attached hydrogens (tertiary/aromatic N) is 7. The van der Waals surface area contributed by atoms with Crippen LogP contribution in [0.4, 0.5) is 5.69 Å². The highest BCUT2D eigenvalue weighted by molar-refractivity contribution is 5.76. The predicted octanol–water partition coefficient (Wildman–Crippen LogP) is 3.52. The summed E-state index contributed by atoms with van der Waals surface area (Å²) in [6.07, 6.45) is 3.36. The highest BCUT2D eigenvalue weighted by Crippen LogP contribution is 2.25. The number of fused-ring (bicyclic) bond motifs is 1. The van der Waals surface area contributed by atoms with Gasteiger partial charge in [0.25, 0.3) is 0 Å². The third-order valence-electron chi connectivity index (χ3n) is 6.22. The van der Waals surface area contributed by atoms with Crippen molar-refractivity contribution >= 4 is 16.9 Å². The van der Waals surface area contributed by atoms with Crippen molar-refractivity contribution in [3.8, 4) is 11.4 Å². The van der Waals surface area contributed by atoms with Crippen LogP contribution in [0.1, 0.15) is 27.7 Å². The molecular weight excluding hydrogens is 386 g/mol. The van der Waals surface area contributed by atoms with Gasteiger partial charge in [-0.2, -0.15) is 0 Å². The van der Waals surface area contributed by atoms with Crippen LogP contribution in [0.3, 0.4) is 0 Å². The second-order valence-corrected chi connectivity index (χ2v) is 7.81. The van der Waals surface area contributed by atoms with E-state index in [4.69, 9.17) is 4.98 Å². The van der Waals surface area contributed by atoms with Crippen molar-refractivity contribution in [2.75, 3.05) is 57.3 Å². The normalized spacial score (nSPS) is 11.7. The fraction of sp³-hybridized carbons (Fsp3) is 0.542. The van der Waals surface area contributed by atoms with Crippen LogP contribution in [-0.2, 0) is 7.05 Å². The highest BCUT2D eigenvalue weighted by Gasteiger charge is 2.13. The zero-order valence-corrected chi connectivity index (χ0v) is 19.8. The second kappa shape index (κ2) is 11.2. The molecule has 0 aliphatic heterocycles. The van der Waals surface area contributed by atoms with E-state index < -0.39 is 0 Å². The maximum absolute atomic E-state index is 4.71. The standard InChI is InChI=1S/C24H37N7/c1-6-29(7-2)14-16-31(17-15-30(8-3)9-4)21-12-10-20(11-13-21)24-27-23-22(28(24)5)18-25-19-26-23/h10-13,18-19H,6-9,14-17H2,1-5H3. The molecule has 168 valence electrons. The van der Waals surface area contributed by atoms with E-state index in [0.717, 1.165) is 74.9 Å². The molecule has 0 unspecified atom stereocenters. The van der Waals surface area contributed by atoms with Crippen LogP contribution in [0.2, 0.25) is 0 Å². The second-order valence-electron chi connectivity index (χ2n) is 7.81. The number of imidazole rings is 1. The van der Waals surface area contributed by atoms with Crippen molar-refractivity contribution in [3.05, 3.63) is 36.8 Å². The summed E-state index contributed by atoms with van der Waals surface area (Å²) >= 11 is 0. The Labute approximate surface area is 186 Å². The molecule has 0 saturated heterocycles. The van der Waals surface area contributed by atoms with Crippen molar-refractivity contribution in [1.29, 1.82) is 0 Å². The summed E-state index contributed by atoms with van der Waals surface area (Å²) in [5.74, 6) is 0.917. The Balaban J connectivity index is 1.80. The maximum atomic E-state index is 4.71. The summed E-state index contributed by atoms with van der Waals surface area (Å²) < 4.78 is 2.06. The number of anilines is 1. The van der Waals surface area contributed by atoms with Gasteiger partial charge in [-0.25, -0.2) is 15.0 Å². The van der Waals surface area contributed by atoms with E-state index in [1.54, 1.807) is 6.33 Å². The zero-order valence-electron chi connectivity index (χ0n) is 19.8. The van der Waals surface area contributed by atoms with Gasteiger partial charge in [0.1, 0.15) is 17.7 Å². The van der Waals surface area contributed by atoms with Gasteiger partial charge >= 0.3 is 0 Å². The van der Waals surface area contributed by atoms with E-state index in [1.165, 1.54) is 5.69 Å². The number of benzene rings is 1. The Morgan fingerprint density at radius 1 is 0.806 bits per heavy atom. The van der Waals surface area contributed by atoms with Crippen LogP contribution in [0.5, 0.6) is 0 Å². The molecule has 0 spiro atoms. The lowest BCUT2D eigenvalue weighted by atomic mass is 10.1. The lowest BCUT2D eigenvalue weighted by molar-refractivity contribution is 0.294. The summed E-state index contributed by atoms with van der Waals surface area (Å²) in [5, 5.41) is 0. The number of rotatable bonds is 12. The molecule has 0 aliphatic carbocycles. The topological polar surface area (TPSA) is 53.3 Å². The van der Waals surface area contributed by atoms with Crippen LogP contribution in [-0.4, -0.2) is 81.7 Å². The molecule has 0 amide bonds. The van der Waals surface area contributed by atoms with Gasteiger partial charge < -0.3 is 19.3 Å². The molecule has 0 fully saturated rings. The van der Waals surface area contributed by atoms with Crippen LogP contribution >= 0.6 is 0 Å². The van der Waals surface area contributed by atoms with Gasteiger partial charge in [-0.05, 0) is 50.4 Å². The largest absolute Gasteiger partial charge is 0.369 e. The van der Waals surface area contributed by atoms with Gasteiger partial charge in [0.2, 0.25) is 0 Å². The predicted molar refractivity (Wildman–Crippen MR) is 130 cm³/mol. The number of likely N-dealkylation sites (N-methyl/N-ethyl adjacent to an activating group) is 2. The summed E-state index contributed by atoms with van der Waals surface area (Å²) in [5.41, 5.74) is 4.04. The smallest absolute Gasteiger partial charge is 0.181 e. The van der Waals surface area contributed by atoms with Gasteiger partial charge in [0.05, 0.1) is 6.20 Å². The first kappa shape index (κ1) is 23.2. The Kier molecular flexibility index (Phi) is 8.37. The van der Waals surface area contributed by atoms with Gasteiger partial charge in [-0.3, -0.25) is 0 Å². The lowest BCUT2D eigenvalue weighted by Crippen LogP contribution is -2.39. The Bertz CT molecular complexity index is 911. The minimum absolute atomic E-state index is 0.733. The molecule has 0 radical (unpaired) electrons. The Morgan fingerprint density at radius 2 is 1.39 bits per heavy atom. The molecular formula is C24H37N7. The van der Waals surface area contributed by atoms with Crippen LogP contribution in [0.15, 0.2) is 36.8 Å². The fourth-order valence-corrected chi connectivity index (χ4v) is 3.98. The average molecular weight is 424 g/mol. The molecule has 31 heavy (non-hydrogen) atoms. The molecule has 0 bridgehead atoms. The molecule has 0 saturated carbocycles. The molecule has 3 rings (SSSR count). The molecule has 0 atom stereocenters. The van der Waals surface area contributed by atoms with Crippen molar-refractivity contribution < 1.29 is 0 Å². The quantitative estimate of drug-likeness (QED) is 0.444. The van der Waals surface area contributed by atoms with Crippen molar-refractivity contribution in [2.45, 2.75) is 27.7 Å². The van der Waals surface area contributed by atoms with E-state index in [1.807, 2.05) is 13.2 Å². The van der Waals surface area contributed by atoms with Crippen LogP contribution in [0, 0.1) is 0 Å². The van der Waals surface area contributed by atoms with E-state index in [-0.39, 0.29) is 0 Å². The number of aryl methyl sites for hydroxylation is 1. The Morgan fingerprint density at radius 3 is 1.90 bits per heavy atom. The van der Waals surface area contributed by atoms with E-state index in [0.29, 0.717) is 0 Å². The Hall–Kier alpha value is -2.51.